The fraction of sp³-hybridized carbons (Fsp3) is 0.122. The molecule has 8 heteroatoms. The summed E-state index contributed by atoms with van der Waals surface area (Å²) in [6.45, 7) is 2.56. The van der Waals surface area contributed by atoms with Gasteiger partial charge in [0.05, 0.1) is 12.1 Å². The van der Waals surface area contributed by atoms with Crippen molar-refractivity contribution in [3.8, 4) is 5.75 Å². The van der Waals surface area contributed by atoms with Gasteiger partial charge in [-0.2, -0.15) is 0 Å². The maximum atomic E-state index is 13.5. The molecule has 0 aliphatic carbocycles. The van der Waals surface area contributed by atoms with E-state index in [1.54, 1.807) is 48.5 Å². The van der Waals surface area contributed by atoms with Crippen molar-refractivity contribution in [1.82, 2.24) is 5.32 Å². The van der Waals surface area contributed by atoms with Gasteiger partial charge < -0.3 is 20.7 Å². The Bertz CT molecular complexity index is 1920. The van der Waals surface area contributed by atoms with E-state index in [4.69, 9.17) is 4.74 Å². The van der Waals surface area contributed by atoms with Crippen LogP contribution in [0.3, 0.4) is 0 Å². The van der Waals surface area contributed by atoms with E-state index in [2.05, 4.69) is 16.0 Å². The lowest BCUT2D eigenvalue weighted by atomic mass is 10.0. The summed E-state index contributed by atoms with van der Waals surface area (Å²) in [6, 6.07) is 38.5. The highest BCUT2D eigenvalue weighted by Gasteiger charge is 2.17. The summed E-state index contributed by atoms with van der Waals surface area (Å²) >= 11 is 0. The lowest BCUT2D eigenvalue weighted by Crippen LogP contribution is -2.26. The Morgan fingerprint density at radius 1 is 0.694 bits per heavy atom. The van der Waals surface area contributed by atoms with Crippen LogP contribution < -0.4 is 20.7 Å². The van der Waals surface area contributed by atoms with Gasteiger partial charge in [-0.1, -0.05) is 103 Å². The Labute approximate surface area is 285 Å². The zero-order chi connectivity index (χ0) is 34.4. The van der Waals surface area contributed by atoms with Crippen LogP contribution in [-0.4, -0.2) is 30.0 Å². The molecule has 3 N–H and O–H groups in total. The summed E-state index contributed by atoms with van der Waals surface area (Å²) in [6.07, 6.45) is 3.26. The molecule has 0 atom stereocenters. The molecule has 0 aromatic heterocycles. The molecule has 0 fully saturated rings. The highest BCUT2D eigenvalue weighted by Crippen LogP contribution is 2.25. The molecule has 0 saturated heterocycles. The number of rotatable bonds is 14. The molecule has 5 aromatic rings. The number of carbonyl (C=O) groups is 4. The third-order valence-electron chi connectivity index (χ3n) is 7.55. The van der Waals surface area contributed by atoms with Gasteiger partial charge in [-0.05, 0) is 60.0 Å². The van der Waals surface area contributed by atoms with E-state index in [1.165, 1.54) is 6.08 Å². The quantitative estimate of drug-likeness (QED) is 0.0873. The fourth-order valence-electron chi connectivity index (χ4n) is 4.92. The number of carbonyl (C=O) groups excluding carboxylic acids is 4. The summed E-state index contributed by atoms with van der Waals surface area (Å²) in [5, 5.41) is 8.36. The summed E-state index contributed by atoms with van der Waals surface area (Å²) in [5.74, 6) is -0.512. The molecule has 49 heavy (non-hydrogen) atoms. The van der Waals surface area contributed by atoms with Crippen molar-refractivity contribution < 1.29 is 23.9 Å². The smallest absolute Gasteiger partial charge is 0.244 e. The first-order chi connectivity index (χ1) is 23.8. The molecule has 5 aromatic carbocycles. The Morgan fingerprint density at radius 2 is 1.39 bits per heavy atom. The molecule has 0 aliphatic rings. The Morgan fingerprint density at radius 3 is 2.10 bits per heavy atom. The number of hydrogen-bond donors (Lipinski definition) is 3. The number of ether oxygens (including phenoxy) is 1. The maximum absolute atomic E-state index is 13.5. The van der Waals surface area contributed by atoms with Gasteiger partial charge in [0.15, 0.2) is 5.78 Å². The van der Waals surface area contributed by atoms with Crippen molar-refractivity contribution in [3.05, 3.63) is 167 Å². The number of anilines is 2. The van der Waals surface area contributed by atoms with Crippen LogP contribution in [-0.2, 0) is 27.4 Å². The van der Waals surface area contributed by atoms with Gasteiger partial charge in [-0.25, -0.2) is 0 Å². The van der Waals surface area contributed by atoms with Crippen LogP contribution in [0, 0.1) is 6.92 Å². The third kappa shape index (κ3) is 10.6. The molecule has 246 valence electrons. The molecule has 5 rings (SSSR count). The molecule has 0 heterocycles. The molecule has 3 amide bonds. The van der Waals surface area contributed by atoms with E-state index >= 15 is 0 Å². The highest BCUT2D eigenvalue weighted by molar-refractivity contribution is 6.14. The third-order valence-corrected chi connectivity index (χ3v) is 7.55. The van der Waals surface area contributed by atoms with Crippen molar-refractivity contribution in [2.75, 3.05) is 17.2 Å². The zero-order valence-corrected chi connectivity index (χ0v) is 27.1. The van der Waals surface area contributed by atoms with Gasteiger partial charge in [0.25, 0.3) is 0 Å². The molecule has 0 spiro atoms. The number of nitrogens with one attached hydrogen (secondary N) is 3. The van der Waals surface area contributed by atoms with Crippen LogP contribution in [0.15, 0.2) is 133 Å². The second kappa shape index (κ2) is 17.0. The van der Waals surface area contributed by atoms with Crippen molar-refractivity contribution in [3.63, 3.8) is 0 Å². The zero-order valence-electron chi connectivity index (χ0n) is 27.1. The summed E-state index contributed by atoms with van der Waals surface area (Å²) < 4.78 is 5.80. The normalized spacial score (nSPS) is 10.7. The van der Waals surface area contributed by atoms with Crippen molar-refractivity contribution in [2.24, 2.45) is 0 Å². The fourth-order valence-corrected chi connectivity index (χ4v) is 4.92. The number of aryl methyl sites for hydroxylation is 1. The summed E-state index contributed by atoms with van der Waals surface area (Å²) in [4.78, 5) is 51.5. The molecule has 0 bridgehead atoms. The predicted octanol–water partition coefficient (Wildman–Crippen LogP) is 7.14. The highest BCUT2D eigenvalue weighted by atomic mass is 16.5. The van der Waals surface area contributed by atoms with Crippen molar-refractivity contribution >= 4 is 41.0 Å². The Hall–Kier alpha value is -6.28. The first kappa shape index (κ1) is 34.1. The second-order valence-corrected chi connectivity index (χ2v) is 11.4. The maximum Gasteiger partial charge on any atom is 0.244 e. The largest absolute Gasteiger partial charge is 0.489 e. The monoisotopic (exact) mass is 651 g/mol. The van der Waals surface area contributed by atoms with Crippen LogP contribution in [0.25, 0.3) is 6.08 Å². The molecular weight excluding hydrogens is 614 g/mol. The van der Waals surface area contributed by atoms with Gasteiger partial charge in [0, 0.05) is 35.9 Å². The Balaban J connectivity index is 1.13. The molecule has 8 nitrogen and oxygen atoms in total. The van der Waals surface area contributed by atoms with E-state index in [0.29, 0.717) is 23.5 Å². The van der Waals surface area contributed by atoms with Gasteiger partial charge in [-0.15, -0.1) is 0 Å². The van der Waals surface area contributed by atoms with Gasteiger partial charge in [-0.3, -0.25) is 19.2 Å². The minimum atomic E-state index is -0.343. The SMILES string of the molecule is Cc1ccc(CC(=O)Nc2ccc(NC(=O)CCNC(=O)/C=C/c3ccc(OCc4ccccc4)cc3)cc2C(=O)c2ccccc2)cc1. The van der Waals surface area contributed by atoms with E-state index in [-0.39, 0.29) is 48.5 Å². The first-order valence-electron chi connectivity index (χ1n) is 15.9. The van der Waals surface area contributed by atoms with Crippen molar-refractivity contribution in [1.29, 1.82) is 0 Å². The van der Waals surface area contributed by atoms with Crippen LogP contribution in [0.2, 0.25) is 0 Å². The predicted molar refractivity (Wildman–Crippen MR) is 192 cm³/mol. The average molecular weight is 652 g/mol. The first-order valence-corrected chi connectivity index (χ1v) is 15.9. The van der Waals surface area contributed by atoms with E-state index in [1.807, 2.05) is 91.9 Å². The minimum absolute atomic E-state index is 0.0179. The molecule has 0 aliphatic heterocycles. The molecular formula is C41H37N3O5. The van der Waals surface area contributed by atoms with Crippen LogP contribution in [0.1, 0.15) is 44.6 Å². The van der Waals surface area contributed by atoms with Gasteiger partial charge in [0.1, 0.15) is 12.4 Å². The standard InChI is InChI=1S/C41H37N3O5/c1-29-12-14-31(15-13-29)26-40(47)44-37-22-19-34(27-36(37)41(48)33-10-6-3-7-11-33)43-39(46)24-25-42-38(45)23-18-30-16-20-35(21-17-30)49-28-32-8-4-2-5-9-32/h2-23,27H,24-26,28H2,1H3,(H,42,45)(H,43,46)(H,44,47)/b23-18+. The number of amides is 3. The lowest BCUT2D eigenvalue weighted by molar-refractivity contribution is -0.118. The van der Waals surface area contributed by atoms with E-state index in [0.717, 1.165) is 28.0 Å². The Kier molecular flexibility index (Phi) is 11.8. The molecule has 0 unspecified atom stereocenters. The summed E-state index contributed by atoms with van der Waals surface area (Å²) in [5.41, 5.74) is 5.28. The summed E-state index contributed by atoms with van der Waals surface area (Å²) in [7, 11) is 0. The van der Waals surface area contributed by atoms with E-state index in [9.17, 15) is 19.2 Å². The van der Waals surface area contributed by atoms with E-state index < -0.39 is 0 Å². The molecule has 0 saturated carbocycles. The number of ketones is 1. The topological polar surface area (TPSA) is 114 Å². The van der Waals surface area contributed by atoms with Gasteiger partial charge in [0.2, 0.25) is 17.7 Å². The minimum Gasteiger partial charge on any atom is -0.489 e. The molecule has 0 radical (unpaired) electrons. The van der Waals surface area contributed by atoms with Crippen molar-refractivity contribution in [2.45, 2.75) is 26.4 Å². The van der Waals surface area contributed by atoms with Crippen LogP contribution in [0.5, 0.6) is 5.75 Å². The van der Waals surface area contributed by atoms with Gasteiger partial charge >= 0.3 is 0 Å². The number of benzene rings is 5. The average Bonchev–Trinajstić information content (AvgIpc) is 3.12. The van der Waals surface area contributed by atoms with Crippen LogP contribution in [0.4, 0.5) is 11.4 Å². The van der Waals surface area contributed by atoms with Crippen LogP contribution >= 0.6 is 0 Å². The second-order valence-electron chi connectivity index (χ2n) is 11.4. The number of hydrogen-bond acceptors (Lipinski definition) is 5. The lowest BCUT2D eigenvalue weighted by Gasteiger charge is -2.14.